The van der Waals surface area contributed by atoms with Crippen molar-refractivity contribution in [3.63, 3.8) is 0 Å². The molecule has 1 aromatic heterocycles. The molecule has 0 atom stereocenters. The molecular weight excluding hydrogens is 316 g/mol. The van der Waals surface area contributed by atoms with E-state index in [1.807, 2.05) is 49.4 Å². The molecule has 22 heavy (non-hydrogen) atoms. The fraction of sp³-hybridized carbons (Fsp3) is 0.0588. The minimum atomic E-state index is 0.264. The maximum Gasteiger partial charge on any atom is 0.230 e. The van der Waals surface area contributed by atoms with Crippen molar-refractivity contribution < 1.29 is 4.42 Å². The maximum absolute atomic E-state index is 9.25. The third kappa shape index (κ3) is 3.01. The molecule has 3 aromatic rings. The van der Waals surface area contributed by atoms with Crippen molar-refractivity contribution in [3.8, 4) is 17.5 Å². The SMILES string of the molecule is Cc1ccc(Sc2oc(-c3ccccc3Cl)nc2C#N)cc1. The molecule has 0 aliphatic carbocycles. The van der Waals surface area contributed by atoms with Crippen molar-refractivity contribution in [2.75, 3.05) is 0 Å². The fourth-order valence-corrected chi connectivity index (χ4v) is 2.92. The van der Waals surface area contributed by atoms with Crippen LogP contribution in [-0.2, 0) is 0 Å². The fourth-order valence-electron chi connectivity index (χ4n) is 1.91. The van der Waals surface area contributed by atoms with E-state index in [9.17, 15) is 5.26 Å². The van der Waals surface area contributed by atoms with E-state index in [-0.39, 0.29) is 5.69 Å². The molecule has 0 aliphatic rings. The molecule has 1 heterocycles. The summed E-state index contributed by atoms with van der Waals surface area (Å²) in [5.74, 6) is 0.358. The van der Waals surface area contributed by atoms with Gasteiger partial charge < -0.3 is 4.42 Å². The molecule has 3 rings (SSSR count). The first kappa shape index (κ1) is 14.7. The monoisotopic (exact) mass is 326 g/mol. The van der Waals surface area contributed by atoms with E-state index in [4.69, 9.17) is 16.0 Å². The normalized spacial score (nSPS) is 10.4. The number of hydrogen-bond donors (Lipinski definition) is 0. The number of aromatic nitrogens is 1. The third-order valence-corrected chi connectivity index (χ3v) is 4.34. The lowest BCUT2D eigenvalue weighted by atomic mass is 10.2. The second-order valence-electron chi connectivity index (χ2n) is 4.66. The summed E-state index contributed by atoms with van der Waals surface area (Å²) < 4.78 is 5.75. The van der Waals surface area contributed by atoms with Gasteiger partial charge in [-0.2, -0.15) is 10.2 Å². The molecular formula is C17H11ClN2OS. The highest BCUT2D eigenvalue weighted by molar-refractivity contribution is 7.99. The molecule has 0 bridgehead atoms. The standard InChI is InChI=1S/C17H11ClN2OS/c1-11-6-8-12(9-7-11)22-17-15(10-19)20-16(21-17)13-4-2-3-5-14(13)18/h2-9H,1H3. The average molecular weight is 327 g/mol. The van der Waals surface area contributed by atoms with Gasteiger partial charge in [-0.05, 0) is 43.0 Å². The molecule has 2 aromatic carbocycles. The van der Waals surface area contributed by atoms with Crippen LogP contribution >= 0.6 is 23.4 Å². The first-order chi connectivity index (χ1) is 10.7. The first-order valence-electron chi connectivity index (χ1n) is 6.58. The van der Waals surface area contributed by atoms with Gasteiger partial charge in [-0.25, -0.2) is 0 Å². The van der Waals surface area contributed by atoms with E-state index < -0.39 is 0 Å². The summed E-state index contributed by atoms with van der Waals surface area (Å²) in [4.78, 5) is 5.23. The number of nitriles is 1. The number of nitrogens with zero attached hydrogens (tertiary/aromatic N) is 2. The van der Waals surface area contributed by atoms with Crippen LogP contribution in [0.2, 0.25) is 5.02 Å². The van der Waals surface area contributed by atoms with Gasteiger partial charge in [0.1, 0.15) is 6.07 Å². The van der Waals surface area contributed by atoms with Crippen LogP contribution in [0.3, 0.4) is 0 Å². The summed E-state index contributed by atoms with van der Waals surface area (Å²) in [6.45, 7) is 2.03. The highest BCUT2D eigenvalue weighted by Crippen LogP contribution is 2.35. The summed E-state index contributed by atoms with van der Waals surface area (Å²) in [5.41, 5.74) is 2.12. The Morgan fingerprint density at radius 3 is 2.55 bits per heavy atom. The Bertz CT molecular complexity index is 850. The second kappa shape index (κ2) is 6.27. The molecule has 0 unspecified atom stereocenters. The zero-order valence-corrected chi connectivity index (χ0v) is 13.3. The highest BCUT2D eigenvalue weighted by Gasteiger charge is 2.17. The summed E-state index contributed by atoms with van der Waals surface area (Å²) in [7, 11) is 0. The number of halogens is 1. The van der Waals surface area contributed by atoms with Gasteiger partial charge in [-0.1, -0.05) is 41.4 Å². The van der Waals surface area contributed by atoms with Crippen LogP contribution < -0.4 is 0 Å². The number of rotatable bonds is 3. The molecule has 0 spiro atoms. The van der Waals surface area contributed by atoms with E-state index in [1.165, 1.54) is 17.3 Å². The molecule has 0 saturated heterocycles. The minimum absolute atomic E-state index is 0.264. The van der Waals surface area contributed by atoms with Crippen molar-refractivity contribution in [1.82, 2.24) is 4.98 Å². The van der Waals surface area contributed by atoms with Crippen LogP contribution in [0.25, 0.3) is 11.5 Å². The predicted octanol–water partition coefficient (Wildman–Crippen LogP) is 5.33. The van der Waals surface area contributed by atoms with Crippen LogP contribution in [-0.4, -0.2) is 4.98 Å². The predicted molar refractivity (Wildman–Crippen MR) is 87.0 cm³/mol. The van der Waals surface area contributed by atoms with Gasteiger partial charge in [0.25, 0.3) is 0 Å². The van der Waals surface area contributed by atoms with E-state index in [0.717, 1.165) is 4.90 Å². The Labute approximate surface area is 137 Å². The van der Waals surface area contributed by atoms with E-state index in [1.54, 1.807) is 6.07 Å². The van der Waals surface area contributed by atoms with Crippen molar-refractivity contribution >= 4 is 23.4 Å². The molecule has 5 heteroatoms. The molecule has 0 aliphatic heterocycles. The molecule has 0 saturated carbocycles. The van der Waals surface area contributed by atoms with Gasteiger partial charge >= 0.3 is 0 Å². The topological polar surface area (TPSA) is 49.8 Å². The Morgan fingerprint density at radius 1 is 1.14 bits per heavy atom. The lowest BCUT2D eigenvalue weighted by Gasteiger charge is -1.99. The molecule has 108 valence electrons. The van der Waals surface area contributed by atoms with Gasteiger partial charge in [0.15, 0.2) is 5.69 Å². The average Bonchev–Trinajstić information content (AvgIpc) is 2.93. The zero-order valence-electron chi connectivity index (χ0n) is 11.7. The number of hydrogen-bond acceptors (Lipinski definition) is 4. The van der Waals surface area contributed by atoms with Crippen molar-refractivity contribution in [2.24, 2.45) is 0 Å². The first-order valence-corrected chi connectivity index (χ1v) is 7.77. The Balaban J connectivity index is 1.97. The van der Waals surface area contributed by atoms with Crippen LogP contribution in [0.1, 0.15) is 11.3 Å². The second-order valence-corrected chi connectivity index (χ2v) is 6.12. The molecule has 0 N–H and O–H groups in total. The smallest absolute Gasteiger partial charge is 0.230 e. The van der Waals surface area contributed by atoms with Gasteiger partial charge in [0, 0.05) is 4.90 Å². The number of oxazole rings is 1. The Kier molecular flexibility index (Phi) is 4.19. The summed E-state index contributed by atoms with van der Waals surface area (Å²) in [6, 6.07) is 17.3. The van der Waals surface area contributed by atoms with Crippen LogP contribution in [0.15, 0.2) is 62.9 Å². The summed E-state index contributed by atoms with van der Waals surface area (Å²) in [5, 5.41) is 10.3. The lowest BCUT2D eigenvalue weighted by molar-refractivity contribution is 0.483. The number of aryl methyl sites for hydroxylation is 1. The molecule has 3 nitrogen and oxygen atoms in total. The number of benzene rings is 2. The molecule has 0 fully saturated rings. The maximum atomic E-state index is 9.25. The Hall–Kier alpha value is -2.22. The van der Waals surface area contributed by atoms with Crippen LogP contribution in [0.4, 0.5) is 0 Å². The van der Waals surface area contributed by atoms with Crippen molar-refractivity contribution in [1.29, 1.82) is 5.26 Å². The summed E-state index contributed by atoms with van der Waals surface area (Å²) >= 11 is 7.53. The highest BCUT2D eigenvalue weighted by atomic mass is 35.5. The van der Waals surface area contributed by atoms with E-state index >= 15 is 0 Å². The van der Waals surface area contributed by atoms with Crippen LogP contribution in [0, 0.1) is 18.3 Å². The van der Waals surface area contributed by atoms with Gasteiger partial charge in [-0.15, -0.1) is 0 Å². The summed E-state index contributed by atoms with van der Waals surface area (Å²) in [6.07, 6.45) is 0. The van der Waals surface area contributed by atoms with Crippen molar-refractivity contribution in [3.05, 3.63) is 64.8 Å². The van der Waals surface area contributed by atoms with Crippen LogP contribution in [0.5, 0.6) is 0 Å². The lowest BCUT2D eigenvalue weighted by Crippen LogP contribution is -1.80. The quantitative estimate of drug-likeness (QED) is 0.653. The van der Waals surface area contributed by atoms with Gasteiger partial charge in [0.05, 0.1) is 10.6 Å². The Morgan fingerprint density at radius 2 is 1.86 bits per heavy atom. The van der Waals surface area contributed by atoms with E-state index in [2.05, 4.69) is 11.1 Å². The van der Waals surface area contributed by atoms with E-state index in [0.29, 0.717) is 21.6 Å². The minimum Gasteiger partial charge on any atom is -0.428 e. The van der Waals surface area contributed by atoms with Crippen molar-refractivity contribution in [2.45, 2.75) is 16.9 Å². The molecule has 0 radical (unpaired) electrons. The van der Waals surface area contributed by atoms with Gasteiger partial charge in [0.2, 0.25) is 11.0 Å². The largest absolute Gasteiger partial charge is 0.428 e. The van der Waals surface area contributed by atoms with Gasteiger partial charge in [-0.3, -0.25) is 0 Å². The molecule has 0 amide bonds. The zero-order chi connectivity index (χ0) is 15.5. The third-order valence-electron chi connectivity index (χ3n) is 3.04.